The van der Waals surface area contributed by atoms with E-state index in [-0.39, 0.29) is 32.7 Å². The van der Waals surface area contributed by atoms with Gasteiger partial charge in [0.05, 0.1) is 11.1 Å². The average Bonchev–Trinajstić information content (AvgIpc) is 3.84. The molecule has 2 heteroatoms. The van der Waals surface area contributed by atoms with Gasteiger partial charge in [-0.25, -0.2) is 0 Å². The summed E-state index contributed by atoms with van der Waals surface area (Å²) >= 11 is 0. The van der Waals surface area contributed by atoms with Crippen molar-refractivity contribution in [3.8, 4) is 44.5 Å². The fourth-order valence-electron chi connectivity index (χ4n) is 15.8. The maximum atomic E-state index is 2.68. The summed E-state index contributed by atoms with van der Waals surface area (Å²) in [4.78, 5) is 5.35. The third-order valence-electron chi connectivity index (χ3n) is 18.3. The molecule has 0 amide bonds. The third-order valence-corrected chi connectivity index (χ3v) is 18.3. The van der Waals surface area contributed by atoms with Crippen molar-refractivity contribution >= 4 is 44.3 Å². The Morgan fingerprint density at radius 2 is 0.629 bits per heavy atom. The molecule has 0 radical (unpaired) electrons. The molecule has 2 saturated carbocycles. The number of hydrogen-bond acceptors (Lipinski definition) is 2. The van der Waals surface area contributed by atoms with Gasteiger partial charge in [0, 0.05) is 33.6 Å². The molecule has 13 rings (SSSR count). The number of hydrogen-bond donors (Lipinski definition) is 0. The van der Waals surface area contributed by atoms with Crippen molar-refractivity contribution in [3.05, 3.63) is 205 Å². The van der Waals surface area contributed by atoms with Gasteiger partial charge < -0.3 is 9.80 Å². The van der Waals surface area contributed by atoms with E-state index in [2.05, 4.69) is 259 Å². The van der Waals surface area contributed by atoms with E-state index in [1.807, 2.05) is 0 Å². The molecular weight excluding hydrogens is 845 g/mol. The number of para-hydroxylation sites is 2. The fraction of sp³-hybridized carbons (Fsp3) is 0.265. The number of fused-ring (bicyclic) bond motifs is 8. The Kier molecular flexibility index (Phi) is 9.13. The van der Waals surface area contributed by atoms with E-state index in [1.165, 1.54) is 99.9 Å². The van der Waals surface area contributed by atoms with Crippen LogP contribution in [0, 0.1) is 10.8 Å². The largest absolute Gasteiger partial charge is 0.334 e. The van der Waals surface area contributed by atoms with Gasteiger partial charge in [-0.15, -0.1) is 0 Å². The van der Waals surface area contributed by atoms with Gasteiger partial charge in [0.15, 0.2) is 0 Å². The molecule has 9 aromatic carbocycles. The Hall–Kier alpha value is -6.90. The predicted molar refractivity (Wildman–Crippen MR) is 298 cm³/mol. The van der Waals surface area contributed by atoms with Crippen molar-refractivity contribution in [2.45, 2.75) is 103 Å². The van der Waals surface area contributed by atoms with Crippen LogP contribution in [0.1, 0.15) is 92.2 Å². The summed E-state index contributed by atoms with van der Waals surface area (Å²) < 4.78 is 0. The Labute approximate surface area is 415 Å². The first-order chi connectivity index (χ1) is 33.6. The summed E-state index contributed by atoms with van der Waals surface area (Å²) in [6.07, 6.45) is 4.57. The molecule has 0 spiro atoms. The van der Waals surface area contributed by atoms with E-state index in [1.54, 1.807) is 0 Å². The first kappa shape index (κ1) is 43.1. The second-order valence-electron chi connectivity index (χ2n) is 24.1. The van der Waals surface area contributed by atoms with Crippen LogP contribution in [-0.4, -0.2) is 11.1 Å². The number of anilines is 4. The van der Waals surface area contributed by atoms with Crippen LogP contribution in [-0.2, 0) is 10.8 Å². The number of benzene rings is 9. The van der Waals surface area contributed by atoms with E-state index in [4.69, 9.17) is 0 Å². The Morgan fingerprint density at radius 1 is 0.300 bits per heavy atom. The van der Waals surface area contributed by atoms with Gasteiger partial charge in [-0.2, -0.15) is 0 Å². The van der Waals surface area contributed by atoms with Crippen molar-refractivity contribution in [1.29, 1.82) is 0 Å². The molecule has 2 aliphatic heterocycles. The number of rotatable bonds is 6. The minimum atomic E-state index is -0.0424. The molecule has 0 saturated heterocycles. The van der Waals surface area contributed by atoms with Gasteiger partial charge in [0.25, 0.3) is 0 Å². The zero-order valence-electron chi connectivity index (χ0n) is 42.2. The molecule has 2 heterocycles. The molecule has 2 aliphatic carbocycles. The van der Waals surface area contributed by atoms with Crippen LogP contribution < -0.4 is 9.80 Å². The van der Waals surface area contributed by atoms with Crippen molar-refractivity contribution < 1.29 is 0 Å². The van der Waals surface area contributed by atoms with Crippen LogP contribution in [0.2, 0.25) is 0 Å². The maximum absolute atomic E-state index is 2.68. The Balaban J connectivity index is 1.01. The van der Waals surface area contributed by atoms with E-state index in [0.29, 0.717) is 0 Å². The molecule has 0 N–H and O–H groups in total. The van der Waals surface area contributed by atoms with Gasteiger partial charge >= 0.3 is 0 Å². The van der Waals surface area contributed by atoms with Gasteiger partial charge in [-0.05, 0) is 188 Å². The van der Waals surface area contributed by atoms with E-state index in [0.717, 1.165) is 25.7 Å². The van der Waals surface area contributed by atoms with E-state index >= 15 is 0 Å². The molecule has 0 bridgehead atoms. The lowest BCUT2D eigenvalue weighted by molar-refractivity contribution is 0.330. The summed E-state index contributed by atoms with van der Waals surface area (Å²) in [6.45, 7) is 20.0. The Morgan fingerprint density at radius 3 is 1.00 bits per heavy atom. The van der Waals surface area contributed by atoms with Crippen molar-refractivity contribution in [2.24, 2.45) is 10.8 Å². The van der Waals surface area contributed by atoms with Crippen LogP contribution >= 0.6 is 0 Å². The van der Waals surface area contributed by atoms with Gasteiger partial charge in [-0.3, -0.25) is 0 Å². The average molecular weight is 909 g/mol. The second kappa shape index (κ2) is 14.8. The monoisotopic (exact) mass is 909 g/mol. The van der Waals surface area contributed by atoms with E-state index in [9.17, 15) is 0 Å². The van der Waals surface area contributed by atoms with Crippen LogP contribution in [0.3, 0.4) is 0 Å². The van der Waals surface area contributed by atoms with Crippen LogP contribution in [0.15, 0.2) is 194 Å². The standard InChI is InChI=1S/C68H64N2/c1-63(2)41-65(5)57-39-49(31-35-59(57)69(67(65,7)43-63)51-25-17-11-18-26-51)47-29-33-53-55(37-47)61(45-21-13-9-14-22-45)54-34-30-48(38-56(54)62(53)46-23-15-10-16-24-46)50-32-36-60-58(40-50)66(6)42-64(3,4)44-68(66,8)70(60)52-27-19-12-20-28-52/h9-40H,41-44H2,1-8H3. The fourth-order valence-corrected chi connectivity index (χ4v) is 15.8. The molecule has 70 heavy (non-hydrogen) atoms. The molecule has 4 aliphatic rings. The zero-order valence-corrected chi connectivity index (χ0v) is 42.2. The van der Waals surface area contributed by atoms with Crippen molar-refractivity contribution in [2.75, 3.05) is 9.80 Å². The lowest BCUT2D eigenvalue weighted by Gasteiger charge is -2.42. The van der Waals surface area contributed by atoms with Crippen LogP contribution in [0.5, 0.6) is 0 Å². The highest BCUT2D eigenvalue weighted by molar-refractivity contribution is 6.22. The summed E-state index contributed by atoms with van der Waals surface area (Å²) in [6, 6.07) is 73.8. The molecule has 2 fully saturated rings. The molecule has 9 aromatic rings. The first-order valence-corrected chi connectivity index (χ1v) is 25.8. The Bertz CT molecular complexity index is 3320. The minimum absolute atomic E-state index is 0.0106. The SMILES string of the molecule is CC1(C)CC2(C)c3cc(-c4ccc5c(-c6ccccc6)c6cc(-c7ccc8c(c7)C7(C)CC(C)(C)CC7(C)N8c7ccccc7)ccc6c(-c6ccccc6)c5c4)ccc3N(c3ccccc3)C2(C)C1. The van der Waals surface area contributed by atoms with Crippen LogP contribution in [0.25, 0.3) is 66.1 Å². The van der Waals surface area contributed by atoms with Gasteiger partial charge in [0.2, 0.25) is 0 Å². The molecule has 4 unspecified atom stereocenters. The van der Waals surface area contributed by atoms with Crippen molar-refractivity contribution in [1.82, 2.24) is 0 Å². The quantitative estimate of drug-likeness (QED) is 0.153. The smallest absolute Gasteiger partial charge is 0.0523 e. The van der Waals surface area contributed by atoms with Crippen LogP contribution in [0.4, 0.5) is 22.7 Å². The third kappa shape index (κ3) is 6.04. The first-order valence-electron chi connectivity index (χ1n) is 25.8. The lowest BCUT2D eigenvalue weighted by atomic mass is 9.71. The van der Waals surface area contributed by atoms with E-state index < -0.39 is 0 Å². The normalized spacial score (nSPS) is 24.7. The predicted octanol–water partition coefficient (Wildman–Crippen LogP) is 18.6. The van der Waals surface area contributed by atoms with Crippen molar-refractivity contribution in [3.63, 3.8) is 0 Å². The maximum Gasteiger partial charge on any atom is 0.0523 e. The molecule has 2 nitrogen and oxygen atoms in total. The highest BCUT2D eigenvalue weighted by Gasteiger charge is 2.65. The summed E-state index contributed by atoms with van der Waals surface area (Å²) in [5.41, 5.74) is 18.6. The summed E-state index contributed by atoms with van der Waals surface area (Å²) in [7, 11) is 0. The minimum Gasteiger partial charge on any atom is -0.334 e. The highest BCUT2D eigenvalue weighted by atomic mass is 15.3. The molecule has 0 aromatic heterocycles. The topological polar surface area (TPSA) is 6.48 Å². The van der Waals surface area contributed by atoms with Gasteiger partial charge in [-0.1, -0.05) is 175 Å². The molecule has 346 valence electrons. The summed E-state index contributed by atoms with van der Waals surface area (Å²) in [5, 5.41) is 5.11. The highest BCUT2D eigenvalue weighted by Crippen LogP contribution is 2.68. The summed E-state index contributed by atoms with van der Waals surface area (Å²) in [5.74, 6) is 0. The lowest BCUT2D eigenvalue weighted by Crippen LogP contribution is -2.49. The van der Waals surface area contributed by atoms with Gasteiger partial charge in [0.1, 0.15) is 0 Å². The molecule has 4 atom stereocenters. The number of nitrogens with zero attached hydrogens (tertiary/aromatic N) is 2. The zero-order chi connectivity index (χ0) is 48.0. The molecular formula is C68H64N2. The second-order valence-corrected chi connectivity index (χ2v) is 24.1.